The van der Waals surface area contributed by atoms with Gasteiger partial charge in [0, 0.05) is 23.6 Å². The molecule has 0 aliphatic heterocycles. The molecule has 0 radical (unpaired) electrons. The van der Waals surface area contributed by atoms with Crippen LogP contribution in [0.4, 0.5) is 0 Å². The summed E-state index contributed by atoms with van der Waals surface area (Å²) < 4.78 is 5.25. The maximum absolute atomic E-state index is 12.3. The van der Waals surface area contributed by atoms with Gasteiger partial charge in [-0.3, -0.25) is 9.59 Å². The summed E-state index contributed by atoms with van der Waals surface area (Å²) in [4.78, 5) is 25.8. The first-order chi connectivity index (χ1) is 12.1. The number of terminal acetylenes is 1. The Balaban J connectivity index is 1.75. The Morgan fingerprint density at radius 1 is 1.24 bits per heavy atom. The van der Waals surface area contributed by atoms with Crippen LogP contribution in [0, 0.1) is 12.3 Å². The highest BCUT2D eigenvalue weighted by molar-refractivity contribution is 6.30. The largest absolute Gasteiger partial charge is 0.467 e. The summed E-state index contributed by atoms with van der Waals surface area (Å²) in [6, 6.07) is 10.2. The second-order valence-electron chi connectivity index (χ2n) is 5.40. The number of hydrogen-bond acceptors (Lipinski definition) is 3. The molecule has 130 valence electrons. The zero-order valence-corrected chi connectivity index (χ0v) is 14.5. The van der Waals surface area contributed by atoms with E-state index in [2.05, 4.69) is 11.2 Å². The van der Waals surface area contributed by atoms with E-state index in [0.29, 0.717) is 42.3 Å². The van der Waals surface area contributed by atoms with Crippen molar-refractivity contribution in [1.29, 1.82) is 0 Å². The number of amides is 2. The Morgan fingerprint density at radius 3 is 2.64 bits per heavy atom. The summed E-state index contributed by atoms with van der Waals surface area (Å²) in [5.41, 5.74) is 0.530. The Morgan fingerprint density at radius 2 is 2.00 bits per heavy atom. The quantitative estimate of drug-likeness (QED) is 0.582. The molecule has 1 N–H and O–H groups in total. The molecule has 0 unspecified atom stereocenters. The third-order valence-corrected chi connectivity index (χ3v) is 3.77. The predicted molar refractivity (Wildman–Crippen MR) is 96.0 cm³/mol. The van der Waals surface area contributed by atoms with Crippen LogP contribution >= 0.6 is 11.6 Å². The lowest BCUT2D eigenvalue weighted by Crippen LogP contribution is -2.32. The summed E-state index contributed by atoms with van der Waals surface area (Å²) in [5, 5.41) is 3.35. The van der Waals surface area contributed by atoms with Crippen molar-refractivity contribution in [3.63, 3.8) is 0 Å². The number of rotatable bonds is 8. The smallest absolute Gasteiger partial charge is 0.251 e. The van der Waals surface area contributed by atoms with Gasteiger partial charge >= 0.3 is 0 Å². The average Bonchev–Trinajstić information content (AvgIpc) is 3.11. The Kier molecular flexibility index (Phi) is 7.12. The van der Waals surface area contributed by atoms with Crippen LogP contribution in [0.5, 0.6) is 0 Å². The molecule has 25 heavy (non-hydrogen) atoms. The molecule has 2 amide bonds. The van der Waals surface area contributed by atoms with Crippen molar-refractivity contribution in [3.05, 3.63) is 59.0 Å². The highest BCUT2D eigenvalue weighted by atomic mass is 35.5. The molecule has 0 aliphatic carbocycles. The van der Waals surface area contributed by atoms with Gasteiger partial charge in [0.25, 0.3) is 5.91 Å². The third-order valence-electron chi connectivity index (χ3n) is 3.52. The molecule has 0 saturated heterocycles. The van der Waals surface area contributed by atoms with E-state index in [1.807, 2.05) is 0 Å². The fraction of sp³-hybridized carbons (Fsp3) is 0.263. The van der Waals surface area contributed by atoms with E-state index in [9.17, 15) is 9.59 Å². The number of halogens is 1. The fourth-order valence-electron chi connectivity index (χ4n) is 2.24. The molecule has 1 aromatic heterocycles. The first kappa shape index (κ1) is 18.6. The third kappa shape index (κ3) is 6.02. The van der Waals surface area contributed by atoms with Gasteiger partial charge in [-0.15, -0.1) is 6.42 Å². The zero-order chi connectivity index (χ0) is 18.1. The van der Waals surface area contributed by atoms with Crippen LogP contribution in [0.3, 0.4) is 0 Å². The maximum atomic E-state index is 12.3. The molecule has 0 saturated carbocycles. The van der Waals surface area contributed by atoms with Crippen LogP contribution in [0.2, 0.25) is 5.02 Å². The van der Waals surface area contributed by atoms with Gasteiger partial charge in [0.2, 0.25) is 5.91 Å². The highest BCUT2D eigenvalue weighted by Crippen LogP contribution is 2.10. The van der Waals surface area contributed by atoms with Crippen LogP contribution in [0.25, 0.3) is 0 Å². The molecule has 0 aliphatic rings. The van der Waals surface area contributed by atoms with Crippen molar-refractivity contribution in [2.24, 2.45) is 0 Å². The minimum absolute atomic E-state index is 0.0740. The van der Waals surface area contributed by atoms with Crippen LogP contribution < -0.4 is 5.32 Å². The summed E-state index contributed by atoms with van der Waals surface area (Å²) in [6.07, 6.45) is 7.70. The summed E-state index contributed by atoms with van der Waals surface area (Å²) in [5.74, 6) is 2.89. The minimum atomic E-state index is -0.194. The average molecular weight is 359 g/mol. The van der Waals surface area contributed by atoms with Crippen molar-refractivity contribution in [3.8, 4) is 12.3 Å². The van der Waals surface area contributed by atoms with E-state index in [1.54, 1.807) is 47.6 Å². The molecule has 1 aromatic carbocycles. The fourth-order valence-corrected chi connectivity index (χ4v) is 2.36. The van der Waals surface area contributed by atoms with E-state index in [4.69, 9.17) is 22.4 Å². The van der Waals surface area contributed by atoms with Gasteiger partial charge in [-0.25, -0.2) is 0 Å². The van der Waals surface area contributed by atoms with Crippen LogP contribution in [-0.4, -0.2) is 29.8 Å². The molecule has 0 atom stereocenters. The van der Waals surface area contributed by atoms with E-state index in [-0.39, 0.29) is 18.4 Å². The van der Waals surface area contributed by atoms with Gasteiger partial charge in [0.05, 0.1) is 19.4 Å². The lowest BCUT2D eigenvalue weighted by Gasteiger charge is -2.19. The van der Waals surface area contributed by atoms with Gasteiger partial charge in [-0.05, 0) is 42.8 Å². The number of furan rings is 1. The predicted octanol–water partition coefficient (Wildman–Crippen LogP) is 3.11. The second kappa shape index (κ2) is 9.55. The van der Waals surface area contributed by atoms with E-state index in [1.165, 1.54) is 0 Å². The van der Waals surface area contributed by atoms with Gasteiger partial charge in [0.1, 0.15) is 5.76 Å². The zero-order valence-electron chi connectivity index (χ0n) is 13.7. The van der Waals surface area contributed by atoms with Crippen molar-refractivity contribution in [2.45, 2.75) is 19.4 Å². The van der Waals surface area contributed by atoms with Crippen LogP contribution in [-0.2, 0) is 11.3 Å². The molecule has 0 fully saturated rings. The lowest BCUT2D eigenvalue weighted by atomic mass is 10.2. The van der Waals surface area contributed by atoms with E-state index < -0.39 is 0 Å². The number of carbonyl (C=O) groups is 2. The molecule has 2 aromatic rings. The molecular formula is C19H19ClN2O3. The van der Waals surface area contributed by atoms with Gasteiger partial charge in [-0.2, -0.15) is 0 Å². The minimum Gasteiger partial charge on any atom is -0.467 e. The van der Waals surface area contributed by atoms with Gasteiger partial charge in [0.15, 0.2) is 0 Å². The molecule has 5 nitrogen and oxygen atoms in total. The Labute approximate surface area is 152 Å². The van der Waals surface area contributed by atoms with Crippen LogP contribution in [0.1, 0.15) is 29.0 Å². The monoisotopic (exact) mass is 358 g/mol. The van der Waals surface area contributed by atoms with Gasteiger partial charge < -0.3 is 14.6 Å². The second-order valence-corrected chi connectivity index (χ2v) is 5.84. The SMILES string of the molecule is C#CCN(Cc1ccco1)C(=O)CCCNC(=O)c1ccc(Cl)cc1. The van der Waals surface area contributed by atoms with Crippen molar-refractivity contribution >= 4 is 23.4 Å². The first-order valence-electron chi connectivity index (χ1n) is 7.87. The molecular weight excluding hydrogens is 340 g/mol. The van der Waals surface area contributed by atoms with Crippen LogP contribution in [0.15, 0.2) is 47.1 Å². The normalized spacial score (nSPS) is 10.1. The first-order valence-corrected chi connectivity index (χ1v) is 8.25. The number of nitrogens with zero attached hydrogens (tertiary/aromatic N) is 1. The topological polar surface area (TPSA) is 62.6 Å². The van der Waals surface area contributed by atoms with E-state index in [0.717, 1.165) is 0 Å². The summed E-state index contributed by atoms with van der Waals surface area (Å²) in [7, 11) is 0. The molecule has 0 bridgehead atoms. The lowest BCUT2D eigenvalue weighted by molar-refractivity contribution is -0.131. The molecule has 1 heterocycles. The van der Waals surface area contributed by atoms with Crippen molar-refractivity contribution in [1.82, 2.24) is 10.2 Å². The molecule has 0 spiro atoms. The summed E-state index contributed by atoms with van der Waals surface area (Å²) in [6.45, 7) is 0.960. The number of hydrogen-bond donors (Lipinski definition) is 1. The molecule has 2 rings (SSSR count). The van der Waals surface area contributed by atoms with Crippen molar-refractivity contribution < 1.29 is 14.0 Å². The number of carbonyl (C=O) groups excluding carboxylic acids is 2. The number of nitrogens with one attached hydrogen (secondary N) is 1. The maximum Gasteiger partial charge on any atom is 0.251 e. The Hall–Kier alpha value is -2.71. The van der Waals surface area contributed by atoms with Crippen molar-refractivity contribution in [2.75, 3.05) is 13.1 Å². The summed E-state index contributed by atoms with van der Waals surface area (Å²) >= 11 is 5.79. The molecule has 6 heteroatoms. The number of benzene rings is 1. The van der Waals surface area contributed by atoms with Gasteiger partial charge in [-0.1, -0.05) is 17.5 Å². The standard InChI is InChI=1S/C19H19ClN2O3/c1-2-12-22(14-17-5-4-13-25-17)18(23)6-3-11-21-19(24)15-7-9-16(20)10-8-15/h1,4-5,7-10,13H,3,6,11-12,14H2,(H,21,24). The Bertz CT molecular complexity index is 733. The van der Waals surface area contributed by atoms with E-state index >= 15 is 0 Å². The highest BCUT2D eigenvalue weighted by Gasteiger charge is 2.14.